The monoisotopic (exact) mass is 223 g/mol. The Morgan fingerprint density at radius 3 is 2.75 bits per heavy atom. The van der Waals surface area contributed by atoms with E-state index in [1.165, 1.54) is 11.1 Å². The van der Waals surface area contributed by atoms with E-state index in [-0.39, 0.29) is 6.10 Å². The van der Waals surface area contributed by atoms with Gasteiger partial charge in [0.15, 0.2) is 0 Å². The normalized spacial score (nSPS) is 17.1. The van der Waals surface area contributed by atoms with Crippen molar-refractivity contribution in [3.63, 3.8) is 0 Å². The van der Waals surface area contributed by atoms with Gasteiger partial charge in [0.05, 0.1) is 12.3 Å². The second-order valence-electron chi connectivity index (χ2n) is 3.74. The number of hydrogen-bond donors (Lipinski definition) is 1. The van der Waals surface area contributed by atoms with Crippen molar-refractivity contribution in [1.29, 1.82) is 0 Å². The zero-order valence-corrected chi connectivity index (χ0v) is 10.5. The first-order valence-electron chi connectivity index (χ1n) is 5.75. The predicted octanol–water partition coefficient (Wildman–Crippen LogP) is 2.55. The van der Waals surface area contributed by atoms with Crippen LogP contribution in [0.15, 0.2) is 12.1 Å². The lowest BCUT2D eigenvalue weighted by Gasteiger charge is -2.09. The van der Waals surface area contributed by atoms with E-state index in [1.54, 1.807) is 7.11 Å². The lowest BCUT2D eigenvalue weighted by molar-refractivity contribution is 0.0955. The Morgan fingerprint density at radius 2 is 2.12 bits per heavy atom. The largest absolute Gasteiger partial charge is 0.485 e. The molecule has 2 N–H and O–H groups in total. The minimum Gasteiger partial charge on any atom is -0.485 e. The van der Waals surface area contributed by atoms with Crippen LogP contribution >= 0.6 is 0 Å². The molecule has 16 heavy (non-hydrogen) atoms. The van der Waals surface area contributed by atoms with Gasteiger partial charge in [-0.25, -0.2) is 0 Å². The molecule has 0 aliphatic carbocycles. The maximum atomic E-state index is 5.87. The van der Waals surface area contributed by atoms with Crippen LogP contribution in [0.2, 0.25) is 0 Å². The molecule has 3 nitrogen and oxygen atoms in total. The number of methoxy groups -OCH3 is 1. The summed E-state index contributed by atoms with van der Waals surface area (Å²) < 4.78 is 10.7. The highest BCUT2D eigenvalue weighted by Crippen LogP contribution is 2.35. The molecular formula is C13H21NO2. The van der Waals surface area contributed by atoms with Crippen molar-refractivity contribution in [3.05, 3.63) is 23.3 Å². The van der Waals surface area contributed by atoms with Gasteiger partial charge < -0.3 is 15.2 Å². The van der Waals surface area contributed by atoms with Crippen molar-refractivity contribution in [2.75, 3.05) is 19.5 Å². The van der Waals surface area contributed by atoms with Gasteiger partial charge in [0.25, 0.3) is 0 Å². The molecule has 2 rings (SSSR count). The van der Waals surface area contributed by atoms with Crippen molar-refractivity contribution >= 4 is 5.69 Å². The number of anilines is 1. The van der Waals surface area contributed by atoms with Crippen molar-refractivity contribution in [3.8, 4) is 5.75 Å². The van der Waals surface area contributed by atoms with Crippen LogP contribution in [0.5, 0.6) is 5.75 Å². The van der Waals surface area contributed by atoms with Gasteiger partial charge in [-0.15, -0.1) is 0 Å². The molecule has 0 spiro atoms. The second-order valence-corrected chi connectivity index (χ2v) is 3.74. The third-order valence-electron chi connectivity index (χ3n) is 2.42. The predicted molar refractivity (Wildman–Crippen MR) is 66.9 cm³/mol. The van der Waals surface area contributed by atoms with Gasteiger partial charge in [-0.1, -0.05) is 19.9 Å². The third kappa shape index (κ3) is 2.67. The summed E-state index contributed by atoms with van der Waals surface area (Å²) >= 11 is 0. The average Bonchev–Trinajstić information content (AvgIpc) is 2.64. The fraction of sp³-hybridized carbons (Fsp3) is 0.538. The Balaban J connectivity index is 0.000000606. The van der Waals surface area contributed by atoms with E-state index in [0.29, 0.717) is 6.61 Å². The minimum atomic E-state index is 0.124. The highest BCUT2D eigenvalue weighted by molar-refractivity contribution is 5.60. The summed E-state index contributed by atoms with van der Waals surface area (Å²) in [7, 11) is 1.68. The van der Waals surface area contributed by atoms with Gasteiger partial charge in [-0.05, 0) is 18.6 Å². The van der Waals surface area contributed by atoms with Crippen LogP contribution in [0, 0.1) is 6.92 Å². The van der Waals surface area contributed by atoms with Crippen LogP contribution < -0.4 is 10.5 Å². The van der Waals surface area contributed by atoms with Crippen molar-refractivity contribution < 1.29 is 9.47 Å². The highest BCUT2D eigenvalue weighted by atomic mass is 16.5. The zero-order valence-electron chi connectivity index (χ0n) is 10.5. The van der Waals surface area contributed by atoms with E-state index in [9.17, 15) is 0 Å². The van der Waals surface area contributed by atoms with E-state index in [2.05, 4.69) is 6.07 Å². The van der Waals surface area contributed by atoms with E-state index >= 15 is 0 Å². The lowest BCUT2D eigenvalue weighted by Crippen LogP contribution is -2.19. The summed E-state index contributed by atoms with van der Waals surface area (Å²) in [5.41, 5.74) is 8.98. The van der Waals surface area contributed by atoms with Crippen LogP contribution in [-0.2, 0) is 11.2 Å². The number of ether oxygens (including phenoxy) is 2. The quantitative estimate of drug-likeness (QED) is 0.784. The van der Waals surface area contributed by atoms with Crippen molar-refractivity contribution in [2.24, 2.45) is 0 Å². The van der Waals surface area contributed by atoms with E-state index in [4.69, 9.17) is 15.2 Å². The first kappa shape index (κ1) is 12.8. The van der Waals surface area contributed by atoms with Gasteiger partial charge >= 0.3 is 0 Å². The van der Waals surface area contributed by atoms with Gasteiger partial charge in [0.2, 0.25) is 0 Å². The number of rotatable bonds is 2. The Labute approximate surface area is 97.6 Å². The van der Waals surface area contributed by atoms with E-state index < -0.39 is 0 Å². The summed E-state index contributed by atoms with van der Waals surface area (Å²) in [6.45, 7) is 6.66. The third-order valence-corrected chi connectivity index (χ3v) is 2.42. The Bertz CT molecular complexity index is 350. The Hall–Kier alpha value is -1.22. The molecule has 0 amide bonds. The molecule has 1 atom stereocenters. The number of aryl methyl sites for hydroxylation is 1. The summed E-state index contributed by atoms with van der Waals surface area (Å²) in [4.78, 5) is 0. The minimum absolute atomic E-state index is 0.124. The maximum Gasteiger partial charge on any atom is 0.146 e. The summed E-state index contributed by atoms with van der Waals surface area (Å²) in [5.74, 6) is 0.845. The molecule has 1 aliphatic rings. The topological polar surface area (TPSA) is 44.5 Å². The fourth-order valence-corrected chi connectivity index (χ4v) is 1.91. The summed E-state index contributed by atoms with van der Waals surface area (Å²) in [5, 5.41) is 0. The molecular weight excluding hydrogens is 202 g/mol. The van der Waals surface area contributed by atoms with Crippen LogP contribution in [0.3, 0.4) is 0 Å². The van der Waals surface area contributed by atoms with Crippen molar-refractivity contribution in [2.45, 2.75) is 33.3 Å². The SMILES string of the molecule is CC.COCC1Cc2cc(C)cc(N)c2O1. The molecule has 0 bridgehead atoms. The highest BCUT2D eigenvalue weighted by Gasteiger charge is 2.24. The molecule has 1 aromatic carbocycles. The first-order valence-corrected chi connectivity index (χ1v) is 5.75. The van der Waals surface area contributed by atoms with Crippen LogP contribution in [-0.4, -0.2) is 19.8 Å². The molecule has 1 aliphatic heterocycles. The fourth-order valence-electron chi connectivity index (χ4n) is 1.91. The second kappa shape index (κ2) is 5.75. The number of nitrogens with two attached hydrogens (primary N) is 1. The van der Waals surface area contributed by atoms with Crippen LogP contribution in [0.1, 0.15) is 25.0 Å². The van der Waals surface area contributed by atoms with Gasteiger partial charge in [0, 0.05) is 19.1 Å². The van der Waals surface area contributed by atoms with Gasteiger partial charge in [0.1, 0.15) is 11.9 Å². The van der Waals surface area contributed by atoms with E-state index in [0.717, 1.165) is 17.9 Å². The average molecular weight is 223 g/mol. The van der Waals surface area contributed by atoms with Crippen molar-refractivity contribution in [1.82, 2.24) is 0 Å². The first-order chi connectivity index (χ1) is 7.70. The van der Waals surface area contributed by atoms with E-state index in [1.807, 2.05) is 26.8 Å². The smallest absolute Gasteiger partial charge is 0.146 e. The molecule has 1 aromatic rings. The number of benzene rings is 1. The van der Waals surface area contributed by atoms with Crippen LogP contribution in [0.25, 0.3) is 0 Å². The van der Waals surface area contributed by atoms with Gasteiger partial charge in [-0.3, -0.25) is 0 Å². The maximum absolute atomic E-state index is 5.87. The molecule has 90 valence electrons. The number of hydrogen-bond acceptors (Lipinski definition) is 3. The van der Waals surface area contributed by atoms with Gasteiger partial charge in [-0.2, -0.15) is 0 Å². The molecule has 0 saturated carbocycles. The Kier molecular flexibility index (Phi) is 4.62. The summed E-state index contributed by atoms with van der Waals surface area (Å²) in [6, 6.07) is 4.06. The molecule has 1 unspecified atom stereocenters. The number of fused-ring (bicyclic) bond motifs is 1. The summed E-state index contributed by atoms with van der Waals surface area (Å²) in [6.07, 6.45) is 1.02. The Morgan fingerprint density at radius 1 is 1.44 bits per heavy atom. The molecule has 1 heterocycles. The number of nitrogen functional groups attached to an aromatic ring is 1. The molecule has 0 saturated heterocycles. The lowest BCUT2D eigenvalue weighted by atomic mass is 10.1. The molecule has 0 radical (unpaired) electrons. The molecule has 3 heteroatoms. The van der Waals surface area contributed by atoms with Crippen LogP contribution in [0.4, 0.5) is 5.69 Å². The molecule has 0 fully saturated rings. The standard InChI is InChI=1S/C11H15NO2.C2H6/c1-7-3-8-5-9(6-13-2)14-11(8)10(12)4-7;1-2/h3-4,9H,5-6,12H2,1-2H3;1-2H3. The molecule has 0 aromatic heterocycles. The zero-order chi connectivity index (χ0) is 12.1.